The van der Waals surface area contributed by atoms with E-state index in [4.69, 9.17) is 23.4 Å². The molecule has 0 aromatic carbocycles. The molecule has 68 valence electrons. The maximum atomic E-state index is 8.49. The largest absolute Gasteiger partial charge is 0.412 e. The third kappa shape index (κ3) is 17.8. The molecule has 1 saturated heterocycles. The number of aliphatic hydroxyl groups is 2. The quantitative estimate of drug-likeness (QED) is 0.354. The summed E-state index contributed by atoms with van der Waals surface area (Å²) in [4.78, 5) is 0. The highest BCUT2D eigenvalue weighted by molar-refractivity contribution is 4.33. The van der Waals surface area contributed by atoms with E-state index in [2.05, 4.69) is 4.74 Å². The third-order valence-corrected chi connectivity index (χ3v) is 0.787. The predicted molar refractivity (Wildman–Crippen MR) is 22.5 cm³/mol. The van der Waals surface area contributed by atoms with E-state index in [0.717, 1.165) is 19.6 Å². The Morgan fingerprint density at radius 2 is 1.73 bits per heavy atom. The van der Waals surface area contributed by atoms with E-state index in [-0.39, 0.29) is 0 Å². The molecule has 0 bridgehead atoms. The molecule has 0 atom stereocenters. The molecule has 0 saturated carbocycles. The van der Waals surface area contributed by atoms with Gasteiger partial charge >= 0.3 is 0 Å². The van der Waals surface area contributed by atoms with E-state index in [1.54, 1.807) is 0 Å². The van der Waals surface area contributed by atoms with E-state index >= 15 is 0 Å². The van der Waals surface area contributed by atoms with Gasteiger partial charge in [-0.2, -0.15) is 0 Å². The Balaban J connectivity index is 0.000000187. The van der Waals surface area contributed by atoms with E-state index in [1.165, 1.54) is 0 Å². The fourth-order valence-electron chi connectivity index (χ4n) is 0.472. The highest BCUT2D eigenvalue weighted by atomic mass is 35.7. The molecule has 0 aromatic rings. The summed E-state index contributed by atoms with van der Waals surface area (Å²) in [5, 5.41) is 0. The molecule has 11 heavy (non-hydrogen) atoms. The summed E-state index contributed by atoms with van der Waals surface area (Å²) in [7, 11) is -4.94. The lowest BCUT2D eigenvalue weighted by molar-refractivity contribution is -2.00. The molecule has 0 unspecified atom stereocenters. The Labute approximate surface area is 65.7 Å². The molecule has 0 amide bonds. The Morgan fingerprint density at radius 3 is 1.82 bits per heavy atom. The summed E-state index contributed by atoms with van der Waals surface area (Å²) in [6.07, 6.45) is 1.11. The van der Waals surface area contributed by atoms with Crippen LogP contribution in [0.4, 0.5) is 0 Å². The van der Waals surface area contributed by atoms with Gasteiger partial charge < -0.3 is 9.47 Å². The van der Waals surface area contributed by atoms with Gasteiger partial charge in [0, 0.05) is 6.42 Å². The summed E-state index contributed by atoms with van der Waals surface area (Å²) in [5.74, 6) is 0. The smallest absolute Gasteiger partial charge is 0.254 e. The van der Waals surface area contributed by atoms with Gasteiger partial charge in [-0.3, -0.25) is 0 Å². The van der Waals surface area contributed by atoms with Crippen molar-refractivity contribution in [3.63, 3.8) is 0 Å². The number of halogens is 1. The van der Waals surface area contributed by atoms with Gasteiger partial charge in [-0.25, -0.2) is 18.6 Å². The zero-order chi connectivity index (χ0) is 8.74. The maximum Gasteiger partial charge on any atom is 0.254 e. The molecule has 7 heteroatoms. The van der Waals surface area contributed by atoms with Gasteiger partial charge in [-0.1, -0.05) is 0 Å². The van der Waals surface area contributed by atoms with E-state index in [1.807, 2.05) is 0 Å². The minimum atomic E-state index is -4.94. The molecule has 1 N–H and O–H groups in total. The van der Waals surface area contributed by atoms with Crippen LogP contribution in [0.3, 0.4) is 0 Å². The molecule has 1 aliphatic heterocycles. The van der Waals surface area contributed by atoms with Crippen LogP contribution in [0.15, 0.2) is 0 Å². The molecule has 1 rings (SSSR count). The first kappa shape index (κ1) is 11.1. The van der Waals surface area contributed by atoms with Crippen molar-refractivity contribution in [2.75, 3.05) is 20.0 Å². The van der Waals surface area contributed by atoms with Crippen molar-refractivity contribution in [3.05, 3.63) is 0 Å². The monoisotopic (exact) mass is 188 g/mol. The Morgan fingerprint density at radius 1 is 1.18 bits per heavy atom. The van der Waals surface area contributed by atoms with Crippen molar-refractivity contribution in [2.45, 2.75) is 6.42 Å². The van der Waals surface area contributed by atoms with Gasteiger partial charge in [0.15, 0.2) is 0 Å². The minimum Gasteiger partial charge on any atom is -0.412 e. The predicted octanol–water partition coefficient (Wildman–Crippen LogP) is -4.86. The van der Waals surface area contributed by atoms with E-state index in [9.17, 15) is 0 Å². The number of hydrogen-bond acceptors (Lipinski definition) is 5. The lowest BCUT2D eigenvalue weighted by Crippen LogP contribution is -2.68. The fraction of sp³-hybridized carbons (Fsp3) is 1.00. The third-order valence-electron chi connectivity index (χ3n) is 0.787. The number of ether oxygens (including phenoxy) is 2. The standard InChI is InChI=1S/C4H8O2.ClHO4/c1-2-5-4-6-3-1;2-1(3,4)5/h1-4H2;(H,2,3,4,5). The first-order valence-corrected chi connectivity index (χ1v) is 4.06. The van der Waals surface area contributed by atoms with Crippen LogP contribution in [0, 0.1) is 10.2 Å². The molecule has 0 aliphatic carbocycles. The van der Waals surface area contributed by atoms with Crippen molar-refractivity contribution < 1.29 is 38.4 Å². The highest BCUT2D eigenvalue weighted by Crippen LogP contribution is 1.88. The van der Waals surface area contributed by atoms with Gasteiger partial charge in [0.1, 0.15) is 6.61 Å². The molecular weight excluding hydrogens is 179 g/mol. The summed E-state index contributed by atoms with van der Waals surface area (Å²) in [6, 6.07) is 0. The maximum absolute atomic E-state index is 8.49. The molecule has 0 radical (unpaired) electrons. The molecule has 0 spiro atoms. The average molecular weight is 189 g/mol. The Hall–Kier alpha value is 0.0500. The van der Waals surface area contributed by atoms with Crippen molar-refractivity contribution in [1.29, 1.82) is 0 Å². The lowest BCUT2D eigenvalue weighted by Gasteiger charge is -2.17. The van der Waals surface area contributed by atoms with Crippen LogP contribution in [-0.2, 0) is 4.74 Å². The van der Waals surface area contributed by atoms with Crippen LogP contribution in [0.5, 0.6) is 0 Å². The number of hydrogen-bond donors (Lipinski definition) is 0. The van der Waals surface area contributed by atoms with Crippen LogP contribution in [-0.4, -0.2) is 24.7 Å². The molecule has 1 aliphatic rings. The van der Waals surface area contributed by atoms with E-state index < -0.39 is 10.2 Å². The van der Waals surface area contributed by atoms with Crippen molar-refractivity contribution in [1.82, 2.24) is 0 Å². The van der Waals surface area contributed by atoms with Gasteiger partial charge in [-0.05, 0) is 0 Å². The first-order chi connectivity index (χ1) is 5.00. The van der Waals surface area contributed by atoms with Crippen LogP contribution < -0.4 is 18.6 Å². The first-order valence-electron chi connectivity index (χ1n) is 2.83. The van der Waals surface area contributed by atoms with Crippen molar-refractivity contribution >= 4 is 0 Å². The van der Waals surface area contributed by atoms with Crippen LogP contribution in [0.1, 0.15) is 6.42 Å². The average Bonchev–Trinajstić information content (AvgIpc) is 1.88. The number of rotatable bonds is 0. The zero-order valence-corrected chi connectivity index (χ0v) is 6.45. The Kier molecular flexibility index (Phi) is 5.69. The lowest BCUT2D eigenvalue weighted by atomic mass is 10.5. The molecule has 1 fully saturated rings. The topological polar surface area (TPSA) is 114 Å². The fourth-order valence-corrected chi connectivity index (χ4v) is 0.472. The molecular formula is C4H9ClO6. The Bertz CT molecular complexity index is 69.6. The summed E-state index contributed by atoms with van der Waals surface area (Å²) >= 11 is 0. The second-order valence-corrected chi connectivity index (χ2v) is 2.47. The highest BCUT2D eigenvalue weighted by Gasteiger charge is 1.98. The van der Waals surface area contributed by atoms with Crippen LogP contribution >= 0.6 is 0 Å². The zero-order valence-electron chi connectivity index (χ0n) is 5.69. The molecule has 1 heterocycles. The summed E-state index contributed by atoms with van der Waals surface area (Å²) in [6.45, 7) is 2.53. The second kappa shape index (κ2) is 5.67. The van der Waals surface area contributed by atoms with Crippen molar-refractivity contribution in [2.24, 2.45) is 0 Å². The van der Waals surface area contributed by atoms with Gasteiger partial charge in [0.05, 0.1) is 6.61 Å². The molecule has 6 nitrogen and oxygen atoms in total. The summed E-state index contributed by atoms with van der Waals surface area (Å²) < 4.78 is 42.8. The van der Waals surface area contributed by atoms with Crippen LogP contribution in [0.2, 0.25) is 0 Å². The van der Waals surface area contributed by atoms with E-state index in [0.29, 0.717) is 6.79 Å². The minimum absolute atomic E-state index is 0.625. The van der Waals surface area contributed by atoms with Gasteiger partial charge in [-0.15, -0.1) is 10.2 Å². The van der Waals surface area contributed by atoms with Gasteiger partial charge in [0.2, 0.25) is 0 Å². The normalized spacial score (nSPS) is 18.5. The summed E-state index contributed by atoms with van der Waals surface area (Å²) in [5.41, 5.74) is 0. The molecule has 0 aromatic heterocycles. The van der Waals surface area contributed by atoms with Gasteiger partial charge in [0.25, 0.3) is 6.79 Å². The van der Waals surface area contributed by atoms with Crippen LogP contribution in [0.25, 0.3) is 0 Å². The van der Waals surface area contributed by atoms with Crippen molar-refractivity contribution in [3.8, 4) is 0 Å². The second-order valence-electron chi connectivity index (χ2n) is 1.72. The SMILES string of the molecule is C1COC[OH+]C1.[O-][Cl+3]([O-])([O-])[O-].